The van der Waals surface area contributed by atoms with Crippen LogP contribution in [0.1, 0.15) is 52.0 Å². The first kappa shape index (κ1) is 22.1. The smallest absolute Gasteiger partial charge is 0.407 e. The van der Waals surface area contributed by atoms with Crippen molar-refractivity contribution in [2.75, 3.05) is 0 Å². The third-order valence-corrected chi connectivity index (χ3v) is 5.95. The van der Waals surface area contributed by atoms with Gasteiger partial charge in [-0.3, -0.25) is 10.1 Å². The van der Waals surface area contributed by atoms with Gasteiger partial charge in [0.25, 0.3) is 5.69 Å². The van der Waals surface area contributed by atoms with Gasteiger partial charge in [-0.25, -0.2) is 17.9 Å². The Bertz CT molecular complexity index is 847. The van der Waals surface area contributed by atoms with Gasteiger partial charge in [-0.15, -0.1) is 0 Å². The van der Waals surface area contributed by atoms with Gasteiger partial charge in [0, 0.05) is 23.7 Å². The summed E-state index contributed by atoms with van der Waals surface area (Å²) in [5.41, 5.74) is -0.532. The number of rotatable bonds is 5. The molecule has 1 aliphatic carbocycles. The molecule has 0 aromatic heterocycles. The molecule has 0 heterocycles. The lowest BCUT2D eigenvalue weighted by atomic mass is 9.91. The Hall–Kier alpha value is -2.20. The molecule has 0 aliphatic heterocycles. The topological polar surface area (TPSA) is 128 Å². The molecule has 0 bridgehead atoms. The Morgan fingerprint density at radius 2 is 1.82 bits per heavy atom. The molecule has 156 valence electrons. The van der Waals surface area contributed by atoms with Gasteiger partial charge in [-0.2, -0.15) is 0 Å². The fourth-order valence-electron chi connectivity index (χ4n) is 3.12. The van der Waals surface area contributed by atoms with E-state index < -0.39 is 38.7 Å². The van der Waals surface area contributed by atoms with Crippen LogP contribution in [0, 0.1) is 17.0 Å². The number of hydrogen-bond acceptors (Lipinski definition) is 6. The van der Waals surface area contributed by atoms with E-state index in [4.69, 9.17) is 4.74 Å². The molecule has 1 aromatic carbocycles. The summed E-state index contributed by atoms with van der Waals surface area (Å²) < 4.78 is 33.4. The van der Waals surface area contributed by atoms with Crippen LogP contribution in [0.2, 0.25) is 0 Å². The SMILES string of the molecule is Cc1ccc(S(=O)(=O)NC2CCCCC2NC(=O)OC(C)(C)C)cc1[N+](=O)[O-]. The molecule has 9 nitrogen and oxygen atoms in total. The molecule has 10 heteroatoms. The summed E-state index contributed by atoms with van der Waals surface area (Å²) in [6.45, 7) is 6.79. The second-order valence-electron chi connectivity index (χ2n) is 7.97. The Morgan fingerprint density at radius 3 is 2.39 bits per heavy atom. The van der Waals surface area contributed by atoms with Gasteiger partial charge in [0.15, 0.2) is 0 Å². The minimum absolute atomic E-state index is 0.175. The maximum absolute atomic E-state index is 12.8. The van der Waals surface area contributed by atoms with E-state index in [0.717, 1.165) is 18.9 Å². The molecule has 2 atom stereocenters. The summed E-state index contributed by atoms with van der Waals surface area (Å²) in [5.74, 6) is 0. The third kappa shape index (κ3) is 5.90. The summed E-state index contributed by atoms with van der Waals surface area (Å²) in [7, 11) is -3.98. The van der Waals surface area contributed by atoms with E-state index in [1.165, 1.54) is 12.1 Å². The molecule has 0 saturated heterocycles. The van der Waals surface area contributed by atoms with Crippen LogP contribution in [-0.4, -0.2) is 37.1 Å². The normalized spacial score (nSPS) is 20.4. The number of benzene rings is 1. The molecule has 2 rings (SSSR count). The van der Waals surface area contributed by atoms with E-state index in [9.17, 15) is 23.3 Å². The molecule has 1 aliphatic rings. The van der Waals surface area contributed by atoms with Crippen molar-refractivity contribution in [3.05, 3.63) is 33.9 Å². The molecule has 1 saturated carbocycles. The fraction of sp³-hybridized carbons (Fsp3) is 0.611. The van der Waals surface area contributed by atoms with Crippen molar-refractivity contribution in [2.24, 2.45) is 0 Å². The van der Waals surface area contributed by atoms with Gasteiger partial charge in [0.1, 0.15) is 5.60 Å². The number of nitro groups is 1. The van der Waals surface area contributed by atoms with Crippen LogP contribution in [0.3, 0.4) is 0 Å². The molecule has 1 fully saturated rings. The lowest BCUT2D eigenvalue weighted by Gasteiger charge is -2.33. The summed E-state index contributed by atoms with van der Waals surface area (Å²) >= 11 is 0. The van der Waals surface area contributed by atoms with Crippen molar-refractivity contribution in [2.45, 2.75) is 76.0 Å². The predicted octanol–water partition coefficient (Wildman–Crippen LogP) is 3.02. The lowest BCUT2D eigenvalue weighted by molar-refractivity contribution is -0.385. The number of alkyl carbamates (subject to hydrolysis) is 1. The second-order valence-corrected chi connectivity index (χ2v) is 9.68. The second kappa shape index (κ2) is 8.44. The number of nitrogens with zero attached hydrogens (tertiary/aromatic N) is 1. The Balaban J connectivity index is 2.17. The summed E-state index contributed by atoms with van der Waals surface area (Å²) in [4.78, 5) is 22.4. The molecular formula is C18H27N3O6S. The maximum atomic E-state index is 12.8. The first-order valence-corrected chi connectivity index (χ1v) is 10.6. The monoisotopic (exact) mass is 413 g/mol. The van der Waals surface area contributed by atoms with Crippen LogP contribution < -0.4 is 10.0 Å². The highest BCUT2D eigenvalue weighted by Gasteiger charge is 2.32. The number of carbonyl (C=O) groups excluding carboxylic acids is 1. The molecule has 1 aromatic rings. The van der Waals surface area contributed by atoms with E-state index in [2.05, 4.69) is 10.0 Å². The molecule has 0 radical (unpaired) electrons. The predicted molar refractivity (Wildman–Crippen MR) is 104 cm³/mol. The number of amides is 1. The van der Waals surface area contributed by atoms with E-state index in [1.807, 2.05) is 0 Å². The fourth-order valence-corrected chi connectivity index (χ4v) is 4.45. The third-order valence-electron chi connectivity index (χ3n) is 4.46. The Morgan fingerprint density at radius 1 is 1.21 bits per heavy atom. The number of ether oxygens (including phenoxy) is 1. The number of nitro benzene ring substituents is 1. The maximum Gasteiger partial charge on any atom is 0.407 e. The largest absolute Gasteiger partial charge is 0.444 e. The Kier molecular flexibility index (Phi) is 6.66. The van der Waals surface area contributed by atoms with E-state index >= 15 is 0 Å². The van der Waals surface area contributed by atoms with Crippen molar-refractivity contribution in [3.63, 3.8) is 0 Å². The van der Waals surface area contributed by atoms with E-state index in [1.54, 1.807) is 27.7 Å². The van der Waals surface area contributed by atoms with Crippen LogP contribution in [0.25, 0.3) is 0 Å². The molecule has 2 unspecified atom stereocenters. The van der Waals surface area contributed by atoms with Crippen molar-refractivity contribution >= 4 is 21.8 Å². The summed E-state index contributed by atoms with van der Waals surface area (Å²) in [5, 5.41) is 13.8. The highest BCUT2D eigenvalue weighted by molar-refractivity contribution is 7.89. The van der Waals surface area contributed by atoms with Gasteiger partial charge in [-0.1, -0.05) is 18.9 Å². The average Bonchev–Trinajstić information content (AvgIpc) is 2.54. The quantitative estimate of drug-likeness (QED) is 0.564. The number of sulfonamides is 1. The van der Waals surface area contributed by atoms with Gasteiger partial charge in [0.2, 0.25) is 10.0 Å². The first-order chi connectivity index (χ1) is 12.9. The Labute approximate surface area is 165 Å². The van der Waals surface area contributed by atoms with Crippen molar-refractivity contribution in [1.29, 1.82) is 0 Å². The minimum Gasteiger partial charge on any atom is -0.444 e. The number of carbonyl (C=O) groups is 1. The zero-order valence-corrected chi connectivity index (χ0v) is 17.3. The highest BCUT2D eigenvalue weighted by atomic mass is 32.2. The van der Waals surface area contributed by atoms with Crippen LogP contribution >= 0.6 is 0 Å². The summed E-state index contributed by atoms with van der Waals surface area (Å²) in [6, 6.07) is 2.86. The van der Waals surface area contributed by atoms with Crippen molar-refractivity contribution in [1.82, 2.24) is 10.0 Å². The number of aryl methyl sites for hydroxylation is 1. The average molecular weight is 413 g/mol. The van der Waals surface area contributed by atoms with Gasteiger partial charge < -0.3 is 10.1 Å². The van der Waals surface area contributed by atoms with Crippen LogP contribution in [0.15, 0.2) is 23.1 Å². The van der Waals surface area contributed by atoms with Crippen molar-refractivity contribution in [3.8, 4) is 0 Å². The minimum atomic E-state index is -3.98. The molecular weight excluding hydrogens is 386 g/mol. The summed E-state index contributed by atoms with van der Waals surface area (Å²) in [6.07, 6.45) is 2.23. The standard InChI is InChI=1S/C18H27N3O6S/c1-12-9-10-13(11-16(12)21(23)24)28(25,26)20-15-8-6-5-7-14(15)19-17(22)27-18(2,3)4/h9-11,14-15,20H,5-8H2,1-4H3,(H,19,22). The lowest BCUT2D eigenvalue weighted by Crippen LogP contribution is -2.53. The van der Waals surface area contributed by atoms with Crippen molar-refractivity contribution < 1.29 is 22.9 Å². The zero-order valence-electron chi connectivity index (χ0n) is 16.5. The number of hydrogen-bond donors (Lipinski definition) is 2. The van der Waals surface area contributed by atoms with Crippen LogP contribution in [-0.2, 0) is 14.8 Å². The van der Waals surface area contributed by atoms with Gasteiger partial charge in [-0.05, 0) is 46.6 Å². The van der Waals surface area contributed by atoms with Crippen LogP contribution in [0.5, 0.6) is 0 Å². The number of nitrogens with one attached hydrogen (secondary N) is 2. The zero-order chi connectivity index (χ0) is 21.1. The van der Waals surface area contributed by atoms with Gasteiger partial charge in [0.05, 0.1) is 9.82 Å². The molecule has 2 N–H and O–H groups in total. The van der Waals surface area contributed by atoms with E-state index in [0.29, 0.717) is 18.4 Å². The highest BCUT2D eigenvalue weighted by Crippen LogP contribution is 2.25. The first-order valence-electron chi connectivity index (χ1n) is 9.16. The van der Waals surface area contributed by atoms with Crippen LogP contribution in [0.4, 0.5) is 10.5 Å². The van der Waals surface area contributed by atoms with E-state index in [-0.39, 0.29) is 10.6 Å². The molecule has 28 heavy (non-hydrogen) atoms. The molecule has 1 amide bonds. The molecule has 0 spiro atoms. The van der Waals surface area contributed by atoms with Gasteiger partial charge >= 0.3 is 6.09 Å².